The van der Waals surface area contributed by atoms with Crippen LogP contribution in [0.4, 0.5) is 18.9 Å². The van der Waals surface area contributed by atoms with Gasteiger partial charge in [-0.05, 0) is 72.0 Å². The molecule has 0 aromatic heterocycles. The van der Waals surface area contributed by atoms with Gasteiger partial charge in [0.25, 0.3) is 17.7 Å². The van der Waals surface area contributed by atoms with Crippen LogP contribution in [-0.4, -0.2) is 53.5 Å². The number of nitriles is 1. The Labute approximate surface area is 275 Å². The second-order valence-electron chi connectivity index (χ2n) is 11.7. The van der Waals surface area contributed by atoms with Crippen LogP contribution in [0.5, 0.6) is 0 Å². The quantitative estimate of drug-likeness (QED) is 0.213. The molecular weight excluding hydrogens is 621 g/mol. The third-order valence-electron chi connectivity index (χ3n) is 8.66. The second-order valence-corrected chi connectivity index (χ2v) is 11.7. The zero-order chi connectivity index (χ0) is 34.5. The molecule has 0 spiro atoms. The number of piperidine rings is 1. The number of benzene rings is 4. The lowest BCUT2D eigenvalue weighted by atomic mass is 9.75. The molecule has 4 aromatic rings. The molecule has 8 nitrogen and oxygen atoms in total. The standard InChI is InChI=1S/C37H33F3N4O4/c1-42-33(45)28-12-6-11-27(20-28)26-10-5-7-24(19-26)22-36(48,30-15-17-44(18-16-30)34(46)25-8-3-2-4-9-25)35(47)43-31-14-13-29(23-41)32(21-31)37(38,39)40/h2-14,19-21,30,48H,15-18,22H2,1H3,(H,42,45)(H,43,47)/t36-/m1/s1. The number of likely N-dealkylation sites (tertiary alicyclic amines) is 1. The van der Waals surface area contributed by atoms with Crippen molar-refractivity contribution in [2.45, 2.75) is 31.0 Å². The normalized spacial score (nSPS) is 14.8. The monoisotopic (exact) mass is 654 g/mol. The summed E-state index contributed by atoms with van der Waals surface area (Å²) in [5.41, 5.74) is -1.10. The highest BCUT2D eigenvalue weighted by Crippen LogP contribution is 2.36. The minimum atomic E-state index is -4.84. The van der Waals surface area contributed by atoms with E-state index in [0.29, 0.717) is 22.8 Å². The van der Waals surface area contributed by atoms with Crippen LogP contribution in [-0.2, 0) is 17.4 Å². The number of carbonyl (C=O) groups is 3. The molecule has 3 amide bonds. The minimum absolute atomic E-state index is 0.175. The Kier molecular flexibility index (Phi) is 9.96. The zero-order valence-electron chi connectivity index (χ0n) is 26.1. The molecule has 0 unspecified atom stereocenters. The SMILES string of the molecule is CNC(=O)c1cccc(-c2cccc(C[C@](O)(C(=O)Nc3ccc(C#N)c(C(F)(F)F)c3)C3CCN(C(=O)c4ccccc4)CC3)c2)c1. The van der Waals surface area contributed by atoms with Crippen molar-refractivity contribution < 1.29 is 32.7 Å². The molecule has 1 heterocycles. The highest BCUT2D eigenvalue weighted by molar-refractivity contribution is 5.98. The van der Waals surface area contributed by atoms with E-state index in [1.54, 1.807) is 71.6 Å². The summed E-state index contributed by atoms with van der Waals surface area (Å²) in [6, 6.07) is 27.2. The molecule has 48 heavy (non-hydrogen) atoms. The lowest BCUT2D eigenvalue weighted by molar-refractivity contribution is -0.142. The second kappa shape index (κ2) is 14.1. The molecule has 11 heteroatoms. The van der Waals surface area contributed by atoms with Crippen molar-refractivity contribution in [2.75, 3.05) is 25.5 Å². The van der Waals surface area contributed by atoms with Gasteiger partial charge in [0.2, 0.25) is 0 Å². The van der Waals surface area contributed by atoms with E-state index in [-0.39, 0.29) is 49.9 Å². The Balaban J connectivity index is 1.45. The van der Waals surface area contributed by atoms with Crippen LogP contribution in [0.3, 0.4) is 0 Å². The van der Waals surface area contributed by atoms with E-state index in [2.05, 4.69) is 10.6 Å². The maximum atomic E-state index is 14.0. The predicted octanol–water partition coefficient (Wildman–Crippen LogP) is 6.07. The molecule has 4 aromatic carbocycles. The fourth-order valence-corrected chi connectivity index (χ4v) is 6.08. The van der Waals surface area contributed by atoms with E-state index in [0.717, 1.165) is 17.2 Å². The number of nitrogens with zero attached hydrogens (tertiary/aromatic N) is 2. The molecule has 3 N–H and O–H groups in total. The lowest BCUT2D eigenvalue weighted by Crippen LogP contribution is -2.54. The Morgan fingerprint density at radius 3 is 2.17 bits per heavy atom. The van der Waals surface area contributed by atoms with Gasteiger partial charge in [0.15, 0.2) is 0 Å². The highest BCUT2D eigenvalue weighted by Gasteiger charge is 2.46. The number of halogens is 3. The van der Waals surface area contributed by atoms with Gasteiger partial charge in [-0.1, -0.05) is 54.6 Å². The van der Waals surface area contributed by atoms with Gasteiger partial charge < -0.3 is 20.6 Å². The van der Waals surface area contributed by atoms with E-state index in [4.69, 9.17) is 0 Å². The van der Waals surface area contributed by atoms with Crippen molar-refractivity contribution >= 4 is 23.4 Å². The highest BCUT2D eigenvalue weighted by atomic mass is 19.4. The smallest absolute Gasteiger partial charge is 0.379 e. The van der Waals surface area contributed by atoms with Gasteiger partial charge in [0.05, 0.1) is 17.2 Å². The van der Waals surface area contributed by atoms with Gasteiger partial charge in [-0.2, -0.15) is 18.4 Å². The van der Waals surface area contributed by atoms with Crippen molar-refractivity contribution in [3.05, 3.63) is 125 Å². The average Bonchev–Trinajstić information content (AvgIpc) is 3.11. The maximum Gasteiger partial charge on any atom is 0.417 e. The van der Waals surface area contributed by atoms with Crippen molar-refractivity contribution in [2.24, 2.45) is 5.92 Å². The van der Waals surface area contributed by atoms with Gasteiger partial charge in [0, 0.05) is 49.3 Å². The fourth-order valence-electron chi connectivity index (χ4n) is 6.08. The van der Waals surface area contributed by atoms with E-state index in [1.165, 1.54) is 19.2 Å². The predicted molar refractivity (Wildman–Crippen MR) is 174 cm³/mol. The lowest BCUT2D eigenvalue weighted by Gasteiger charge is -2.40. The molecule has 246 valence electrons. The Morgan fingerprint density at radius 1 is 0.875 bits per heavy atom. The topological polar surface area (TPSA) is 123 Å². The number of hydrogen-bond acceptors (Lipinski definition) is 5. The van der Waals surface area contributed by atoms with Crippen molar-refractivity contribution in [3.8, 4) is 17.2 Å². The molecule has 0 saturated carbocycles. The van der Waals surface area contributed by atoms with Gasteiger partial charge in [-0.15, -0.1) is 0 Å². The fraction of sp³-hybridized carbons (Fsp3) is 0.243. The van der Waals surface area contributed by atoms with E-state index in [1.807, 2.05) is 12.1 Å². The summed E-state index contributed by atoms with van der Waals surface area (Å²) in [5, 5.41) is 26.5. The van der Waals surface area contributed by atoms with Crippen molar-refractivity contribution in [3.63, 3.8) is 0 Å². The van der Waals surface area contributed by atoms with Gasteiger partial charge in [-0.3, -0.25) is 14.4 Å². The third kappa shape index (κ3) is 7.40. The summed E-state index contributed by atoms with van der Waals surface area (Å²) in [7, 11) is 1.53. The van der Waals surface area contributed by atoms with Crippen LogP contribution in [0.1, 0.15) is 50.2 Å². The third-order valence-corrected chi connectivity index (χ3v) is 8.66. The first-order chi connectivity index (χ1) is 22.9. The first-order valence-corrected chi connectivity index (χ1v) is 15.3. The summed E-state index contributed by atoms with van der Waals surface area (Å²) in [5.74, 6) is -1.99. The number of nitrogens with one attached hydrogen (secondary N) is 2. The molecule has 5 rings (SSSR count). The largest absolute Gasteiger partial charge is 0.417 e. The number of aliphatic hydroxyl groups is 1. The first kappa shape index (κ1) is 33.9. The van der Waals surface area contributed by atoms with Crippen LogP contribution in [0.2, 0.25) is 0 Å². The Hall–Kier alpha value is -5.47. The van der Waals surface area contributed by atoms with Crippen LogP contribution in [0, 0.1) is 17.2 Å². The molecule has 0 radical (unpaired) electrons. The zero-order valence-corrected chi connectivity index (χ0v) is 26.1. The average molecular weight is 655 g/mol. The van der Waals surface area contributed by atoms with Crippen LogP contribution >= 0.6 is 0 Å². The molecule has 1 aliphatic heterocycles. The number of hydrogen-bond donors (Lipinski definition) is 3. The molecule has 1 saturated heterocycles. The van der Waals surface area contributed by atoms with E-state index >= 15 is 0 Å². The molecule has 1 fully saturated rings. The number of carbonyl (C=O) groups excluding carboxylic acids is 3. The number of alkyl halides is 3. The Bertz CT molecular complexity index is 1860. The van der Waals surface area contributed by atoms with Crippen LogP contribution in [0.25, 0.3) is 11.1 Å². The molecule has 1 aliphatic rings. The number of anilines is 1. The molecule has 1 atom stereocenters. The first-order valence-electron chi connectivity index (χ1n) is 15.3. The summed E-state index contributed by atoms with van der Waals surface area (Å²) in [6.45, 7) is 0.519. The van der Waals surface area contributed by atoms with E-state index < -0.39 is 34.7 Å². The van der Waals surface area contributed by atoms with Gasteiger partial charge >= 0.3 is 6.18 Å². The summed E-state index contributed by atoms with van der Waals surface area (Å²) in [4.78, 5) is 40.9. The van der Waals surface area contributed by atoms with Crippen molar-refractivity contribution in [1.29, 1.82) is 5.26 Å². The maximum absolute atomic E-state index is 14.0. The van der Waals surface area contributed by atoms with E-state index in [9.17, 15) is 37.9 Å². The molecular formula is C37H33F3N4O4. The summed E-state index contributed by atoms with van der Waals surface area (Å²) < 4.78 is 41.1. The Morgan fingerprint density at radius 2 is 1.52 bits per heavy atom. The van der Waals surface area contributed by atoms with Gasteiger partial charge in [0.1, 0.15) is 5.60 Å². The molecule has 0 aliphatic carbocycles. The molecule has 0 bridgehead atoms. The summed E-state index contributed by atoms with van der Waals surface area (Å²) in [6.07, 6.45) is -4.49. The van der Waals surface area contributed by atoms with Crippen molar-refractivity contribution in [1.82, 2.24) is 10.2 Å². The van der Waals surface area contributed by atoms with Crippen LogP contribution < -0.4 is 10.6 Å². The summed E-state index contributed by atoms with van der Waals surface area (Å²) >= 11 is 0. The number of amides is 3. The minimum Gasteiger partial charge on any atom is -0.379 e. The van der Waals surface area contributed by atoms with Crippen LogP contribution in [0.15, 0.2) is 97.1 Å². The number of rotatable bonds is 8. The van der Waals surface area contributed by atoms with Gasteiger partial charge in [-0.25, -0.2) is 0 Å².